The van der Waals surface area contributed by atoms with E-state index in [-0.39, 0.29) is 22.8 Å². The Morgan fingerprint density at radius 1 is 1.14 bits per heavy atom. The molecule has 0 fully saturated rings. The van der Waals surface area contributed by atoms with E-state index in [9.17, 15) is 29.7 Å². The second-order valence-electron chi connectivity index (χ2n) is 8.94. The number of fused-ring (bicyclic) bond motifs is 1. The van der Waals surface area contributed by atoms with Gasteiger partial charge in [0.05, 0.1) is 20.1 Å². The van der Waals surface area contributed by atoms with Crippen molar-refractivity contribution in [3.05, 3.63) is 53.0 Å². The number of ether oxygens (including phenoxy) is 3. The van der Waals surface area contributed by atoms with Crippen LogP contribution in [-0.2, 0) is 24.7 Å². The molecule has 0 radical (unpaired) electrons. The molecule has 3 rings (SSSR count). The van der Waals surface area contributed by atoms with E-state index in [4.69, 9.17) is 14.2 Å². The quantitative estimate of drug-likeness (QED) is 0.301. The molecule has 1 aromatic carbocycles. The van der Waals surface area contributed by atoms with Crippen molar-refractivity contribution in [2.24, 2.45) is 11.8 Å². The van der Waals surface area contributed by atoms with Crippen LogP contribution in [0.3, 0.4) is 0 Å². The molecule has 9 heteroatoms. The first-order valence-corrected chi connectivity index (χ1v) is 11.2. The van der Waals surface area contributed by atoms with Gasteiger partial charge in [0.25, 0.3) is 5.95 Å². The molecule has 9 nitrogen and oxygen atoms in total. The third kappa shape index (κ3) is 3.99. The summed E-state index contributed by atoms with van der Waals surface area (Å²) in [6, 6.07) is 1.20. The summed E-state index contributed by atoms with van der Waals surface area (Å²) in [6.45, 7) is 6.12. The minimum atomic E-state index is -2.14. The first kappa shape index (κ1) is 26.0. The molecule has 0 saturated heterocycles. The number of aliphatic hydroxyl groups is 1. The highest BCUT2D eigenvalue weighted by molar-refractivity contribution is 6.26. The highest BCUT2D eigenvalue weighted by atomic mass is 16.7. The van der Waals surface area contributed by atoms with Gasteiger partial charge in [0.15, 0.2) is 28.7 Å². The van der Waals surface area contributed by atoms with E-state index >= 15 is 0 Å². The molecule has 0 bridgehead atoms. The lowest BCUT2D eigenvalue weighted by Crippen LogP contribution is -2.50. The fourth-order valence-electron chi connectivity index (χ4n) is 4.72. The summed E-state index contributed by atoms with van der Waals surface area (Å²) in [5, 5.41) is 32.4. The number of rotatable bonds is 7. The number of carbonyl (C=O) groups is 3. The molecule has 0 amide bonds. The van der Waals surface area contributed by atoms with Gasteiger partial charge in [-0.3, -0.25) is 14.4 Å². The van der Waals surface area contributed by atoms with Gasteiger partial charge in [-0.2, -0.15) is 0 Å². The summed E-state index contributed by atoms with van der Waals surface area (Å²) in [5.74, 6) is -6.67. The molecule has 1 heterocycles. The molecule has 0 aromatic heterocycles. The van der Waals surface area contributed by atoms with Crippen LogP contribution < -0.4 is 4.74 Å². The van der Waals surface area contributed by atoms with E-state index < -0.39 is 57.5 Å². The van der Waals surface area contributed by atoms with Crippen LogP contribution in [0.4, 0.5) is 0 Å². The number of Topliss-reactive ketones (excluding diaryl/α,β-unsaturated/α-hetero) is 3. The van der Waals surface area contributed by atoms with Gasteiger partial charge in [-0.15, -0.1) is 0 Å². The Labute approximate surface area is 203 Å². The fraction of sp³-hybridized carbons (Fsp3) is 0.423. The Kier molecular flexibility index (Phi) is 6.86. The van der Waals surface area contributed by atoms with Crippen LogP contribution in [0.15, 0.2) is 41.9 Å². The number of ketones is 3. The molecule has 3 N–H and O–H groups in total. The lowest BCUT2D eigenvalue weighted by atomic mass is 9.63. The van der Waals surface area contributed by atoms with Crippen molar-refractivity contribution in [1.29, 1.82) is 0 Å². The van der Waals surface area contributed by atoms with Gasteiger partial charge in [-0.1, -0.05) is 32.1 Å². The van der Waals surface area contributed by atoms with Gasteiger partial charge in [-0.05, 0) is 32.4 Å². The molecular formula is C26H30O9. The van der Waals surface area contributed by atoms with Crippen molar-refractivity contribution < 1.29 is 43.9 Å². The van der Waals surface area contributed by atoms with Crippen LogP contribution >= 0.6 is 0 Å². The lowest BCUT2D eigenvalue weighted by molar-refractivity contribution is -0.134. The topological polar surface area (TPSA) is 140 Å². The van der Waals surface area contributed by atoms with Crippen molar-refractivity contribution in [3.8, 4) is 17.2 Å². The maximum absolute atomic E-state index is 13.8. The second-order valence-corrected chi connectivity index (χ2v) is 8.94. The predicted molar refractivity (Wildman–Crippen MR) is 125 cm³/mol. The number of allylic oxidation sites excluding steroid dienone is 3. The monoisotopic (exact) mass is 486 g/mol. The maximum Gasteiger partial charge on any atom is 0.295 e. The van der Waals surface area contributed by atoms with E-state index in [0.717, 1.165) is 6.42 Å². The first-order chi connectivity index (χ1) is 16.4. The average molecular weight is 487 g/mol. The molecule has 2 aliphatic rings. The number of hydrogen-bond acceptors (Lipinski definition) is 9. The number of phenols is 2. The van der Waals surface area contributed by atoms with Crippen LogP contribution in [0.5, 0.6) is 17.2 Å². The van der Waals surface area contributed by atoms with Gasteiger partial charge in [0.1, 0.15) is 11.2 Å². The third-order valence-corrected chi connectivity index (χ3v) is 6.55. The van der Waals surface area contributed by atoms with Gasteiger partial charge in [0, 0.05) is 17.0 Å². The summed E-state index contributed by atoms with van der Waals surface area (Å²) in [4.78, 5) is 40.4. The summed E-state index contributed by atoms with van der Waals surface area (Å²) >= 11 is 0. The predicted octanol–water partition coefficient (Wildman–Crippen LogP) is 3.07. The molecular weight excluding hydrogens is 456 g/mol. The molecule has 1 aromatic rings. The Morgan fingerprint density at radius 2 is 1.80 bits per heavy atom. The molecule has 1 aliphatic heterocycles. The van der Waals surface area contributed by atoms with Gasteiger partial charge in [0.2, 0.25) is 11.5 Å². The van der Waals surface area contributed by atoms with E-state index in [0.29, 0.717) is 0 Å². The van der Waals surface area contributed by atoms with Crippen molar-refractivity contribution in [2.75, 3.05) is 14.2 Å². The van der Waals surface area contributed by atoms with Crippen LogP contribution in [0.2, 0.25) is 0 Å². The van der Waals surface area contributed by atoms with E-state index in [1.165, 1.54) is 47.1 Å². The molecule has 0 saturated carbocycles. The Hall–Kier alpha value is -3.59. The molecule has 1 aliphatic carbocycles. The Balaban J connectivity index is 2.12. The minimum absolute atomic E-state index is 0.0934. The number of phenolic OH excluding ortho intramolecular Hbond substituents is 2. The standard InChI is InChI=1S/C26H30O9/c1-7-8-9-10-11-25(3)23(31)16(24(34-6)35-25)21(29)17-13(2)19(27)14-12-15(33-5)20(28)22(30)18(14)26(17,4)32/h8-13,17,28,30,32H,7H2,1-6H3. The Morgan fingerprint density at radius 3 is 2.37 bits per heavy atom. The van der Waals surface area contributed by atoms with Gasteiger partial charge < -0.3 is 29.5 Å². The summed E-state index contributed by atoms with van der Waals surface area (Å²) in [5.41, 5.74) is -4.52. The van der Waals surface area contributed by atoms with Gasteiger partial charge >= 0.3 is 0 Å². The smallest absolute Gasteiger partial charge is 0.295 e. The fourth-order valence-corrected chi connectivity index (χ4v) is 4.72. The van der Waals surface area contributed by atoms with Gasteiger partial charge in [-0.25, -0.2) is 0 Å². The van der Waals surface area contributed by atoms with E-state index in [1.54, 1.807) is 12.2 Å². The zero-order valence-electron chi connectivity index (χ0n) is 20.5. The van der Waals surface area contributed by atoms with Crippen LogP contribution in [-0.4, -0.2) is 52.5 Å². The molecule has 4 unspecified atom stereocenters. The Bertz CT molecular complexity index is 1170. The summed E-state index contributed by atoms with van der Waals surface area (Å²) in [6.07, 6.45) is 7.51. The minimum Gasteiger partial charge on any atom is -0.504 e. The number of benzene rings is 1. The van der Waals surface area contributed by atoms with E-state index in [1.807, 2.05) is 13.0 Å². The van der Waals surface area contributed by atoms with Crippen molar-refractivity contribution >= 4 is 17.3 Å². The summed E-state index contributed by atoms with van der Waals surface area (Å²) < 4.78 is 15.9. The van der Waals surface area contributed by atoms with Crippen molar-refractivity contribution in [1.82, 2.24) is 0 Å². The average Bonchev–Trinajstić information content (AvgIpc) is 3.06. The highest BCUT2D eigenvalue weighted by Crippen LogP contribution is 2.53. The van der Waals surface area contributed by atoms with Crippen LogP contribution in [0, 0.1) is 11.8 Å². The number of methoxy groups -OCH3 is 2. The maximum atomic E-state index is 13.8. The summed E-state index contributed by atoms with van der Waals surface area (Å²) in [7, 11) is 2.48. The second kappa shape index (κ2) is 9.22. The third-order valence-electron chi connectivity index (χ3n) is 6.55. The number of carbonyl (C=O) groups excluding carboxylic acids is 3. The van der Waals surface area contributed by atoms with Crippen LogP contribution in [0.1, 0.15) is 50.0 Å². The largest absolute Gasteiger partial charge is 0.504 e. The SMILES string of the molecule is CCC=CC=CC1(C)OC(OC)=C(C(=O)C2C(C)C(=O)c3cc(OC)c(O)c(O)c3C2(C)O)C1=O. The number of hydrogen-bond donors (Lipinski definition) is 3. The first-order valence-electron chi connectivity index (χ1n) is 11.2. The lowest BCUT2D eigenvalue weighted by Gasteiger charge is -2.41. The highest BCUT2D eigenvalue weighted by Gasteiger charge is 2.57. The van der Waals surface area contributed by atoms with Crippen molar-refractivity contribution in [3.63, 3.8) is 0 Å². The molecule has 0 spiro atoms. The van der Waals surface area contributed by atoms with E-state index in [2.05, 4.69) is 0 Å². The van der Waals surface area contributed by atoms with Crippen molar-refractivity contribution in [2.45, 2.75) is 45.3 Å². The molecule has 4 atom stereocenters. The molecule has 188 valence electrons. The zero-order chi connectivity index (χ0) is 26.3. The zero-order valence-corrected chi connectivity index (χ0v) is 20.5. The molecule has 35 heavy (non-hydrogen) atoms. The number of aromatic hydroxyl groups is 2. The normalized spacial score (nSPS) is 28.5. The van der Waals surface area contributed by atoms with Crippen LogP contribution in [0.25, 0.3) is 0 Å².